The molecular formula is C37H43N3O4S. The monoisotopic (exact) mass is 625 g/mol. The molecule has 236 valence electrons. The van der Waals surface area contributed by atoms with Crippen LogP contribution in [0.1, 0.15) is 41.7 Å². The van der Waals surface area contributed by atoms with Gasteiger partial charge in [-0.05, 0) is 73.2 Å². The minimum Gasteiger partial charge on any atom is -0.354 e. The van der Waals surface area contributed by atoms with Gasteiger partial charge in [0, 0.05) is 19.5 Å². The summed E-state index contributed by atoms with van der Waals surface area (Å²) >= 11 is 0. The van der Waals surface area contributed by atoms with Crippen molar-refractivity contribution in [1.82, 2.24) is 10.2 Å². The van der Waals surface area contributed by atoms with Gasteiger partial charge in [-0.3, -0.25) is 13.9 Å². The first-order chi connectivity index (χ1) is 21.5. The lowest BCUT2D eigenvalue weighted by Gasteiger charge is -2.34. The molecule has 0 aromatic heterocycles. The number of sulfonamides is 1. The highest BCUT2D eigenvalue weighted by Crippen LogP contribution is 2.26. The van der Waals surface area contributed by atoms with E-state index >= 15 is 0 Å². The molecule has 0 aliphatic rings. The fraction of sp³-hybridized carbons (Fsp3) is 0.297. The SMILES string of the molecule is Cc1ccc(S(=O)(=O)N(CC(=O)N(Cc2ccccc2C)[C@@H](Cc2ccccc2)C(=O)NCC(C)C)c2cccc(C)c2)cc1. The van der Waals surface area contributed by atoms with Gasteiger partial charge in [0.2, 0.25) is 11.8 Å². The molecular weight excluding hydrogens is 582 g/mol. The first-order valence-corrected chi connectivity index (χ1v) is 16.7. The molecule has 45 heavy (non-hydrogen) atoms. The van der Waals surface area contributed by atoms with Crippen LogP contribution in [0, 0.1) is 26.7 Å². The van der Waals surface area contributed by atoms with E-state index in [4.69, 9.17) is 0 Å². The zero-order chi connectivity index (χ0) is 32.6. The normalized spacial score (nSPS) is 12.0. The topological polar surface area (TPSA) is 86.8 Å². The Hall–Kier alpha value is -4.43. The summed E-state index contributed by atoms with van der Waals surface area (Å²) in [6.07, 6.45) is 0.275. The third-order valence-corrected chi connectivity index (χ3v) is 9.52. The molecule has 0 radical (unpaired) electrons. The summed E-state index contributed by atoms with van der Waals surface area (Å²) in [6.45, 7) is 9.87. The average Bonchev–Trinajstić information content (AvgIpc) is 3.01. The van der Waals surface area contributed by atoms with Gasteiger partial charge in [0.05, 0.1) is 10.6 Å². The molecule has 0 spiro atoms. The van der Waals surface area contributed by atoms with Crippen LogP contribution in [0.5, 0.6) is 0 Å². The highest BCUT2D eigenvalue weighted by Gasteiger charge is 2.34. The average molecular weight is 626 g/mol. The molecule has 0 unspecified atom stereocenters. The molecule has 0 bridgehead atoms. The summed E-state index contributed by atoms with van der Waals surface area (Å²) in [5.41, 5.74) is 4.91. The molecule has 1 atom stereocenters. The lowest BCUT2D eigenvalue weighted by atomic mass is 10.0. The van der Waals surface area contributed by atoms with Crippen molar-refractivity contribution in [1.29, 1.82) is 0 Å². The molecule has 4 aromatic carbocycles. The van der Waals surface area contributed by atoms with Gasteiger partial charge in [0.1, 0.15) is 12.6 Å². The molecule has 0 fully saturated rings. The molecule has 7 nitrogen and oxygen atoms in total. The van der Waals surface area contributed by atoms with E-state index in [0.29, 0.717) is 12.2 Å². The number of anilines is 1. The minimum atomic E-state index is -4.14. The van der Waals surface area contributed by atoms with Crippen LogP contribution in [-0.2, 0) is 32.6 Å². The fourth-order valence-corrected chi connectivity index (χ4v) is 6.50. The van der Waals surface area contributed by atoms with Crippen LogP contribution in [-0.4, -0.2) is 44.3 Å². The molecule has 0 saturated heterocycles. The number of carbonyl (C=O) groups is 2. The van der Waals surface area contributed by atoms with E-state index in [9.17, 15) is 18.0 Å². The summed E-state index contributed by atoms with van der Waals surface area (Å²) in [5, 5.41) is 3.03. The smallest absolute Gasteiger partial charge is 0.264 e. The summed E-state index contributed by atoms with van der Waals surface area (Å²) < 4.78 is 29.5. The van der Waals surface area contributed by atoms with E-state index in [1.807, 2.05) is 95.3 Å². The third kappa shape index (κ3) is 8.82. The van der Waals surface area contributed by atoms with Crippen molar-refractivity contribution in [2.24, 2.45) is 5.92 Å². The molecule has 0 heterocycles. The Labute approximate surface area is 268 Å². The van der Waals surface area contributed by atoms with Crippen LogP contribution in [0.2, 0.25) is 0 Å². The molecule has 0 saturated carbocycles. The molecule has 4 rings (SSSR count). The summed E-state index contributed by atoms with van der Waals surface area (Å²) in [4.78, 5) is 30.1. The van der Waals surface area contributed by atoms with Gasteiger partial charge < -0.3 is 10.2 Å². The predicted molar refractivity (Wildman–Crippen MR) is 180 cm³/mol. The Kier molecular flexibility index (Phi) is 11.2. The molecule has 4 aromatic rings. The fourth-order valence-electron chi connectivity index (χ4n) is 5.10. The maximum Gasteiger partial charge on any atom is 0.264 e. The van der Waals surface area contributed by atoms with Crippen LogP contribution in [0.15, 0.2) is 108 Å². The highest BCUT2D eigenvalue weighted by atomic mass is 32.2. The number of nitrogens with zero attached hydrogens (tertiary/aromatic N) is 2. The minimum absolute atomic E-state index is 0.0865. The Morgan fingerprint density at radius 1 is 0.778 bits per heavy atom. The number of aryl methyl sites for hydroxylation is 3. The van der Waals surface area contributed by atoms with Gasteiger partial charge in [-0.25, -0.2) is 8.42 Å². The first-order valence-electron chi connectivity index (χ1n) is 15.3. The first kappa shape index (κ1) is 33.5. The maximum absolute atomic E-state index is 14.6. The largest absolute Gasteiger partial charge is 0.354 e. The molecule has 8 heteroatoms. The zero-order valence-electron chi connectivity index (χ0n) is 26.7. The standard InChI is InChI=1S/C37H43N3O4S/c1-27(2)24-38-37(42)35(23-31-14-7-6-8-15-31)39(25-32-16-10-9-13-30(32)5)36(41)26-40(33-17-11-12-29(4)22-33)45(43,44)34-20-18-28(3)19-21-34/h6-22,27,35H,23-26H2,1-5H3,(H,38,42)/t35-/m0/s1. The Balaban J connectivity index is 1.81. The highest BCUT2D eigenvalue weighted by molar-refractivity contribution is 7.92. The number of hydrogen-bond acceptors (Lipinski definition) is 4. The Morgan fingerprint density at radius 3 is 2.09 bits per heavy atom. The summed E-state index contributed by atoms with van der Waals surface area (Å²) in [6, 6.07) is 30.1. The second kappa shape index (κ2) is 15.0. The van der Waals surface area contributed by atoms with Crippen molar-refractivity contribution in [3.05, 3.63) is 131 Å². The lowest BCUT2D eigenvalue weighted by molar-refractivity contribution is -0.140. The Bertz CT molecular complexity index is 1700. The van der Waals surface area contributed by atoms with Gasteiger partial charge in [-0.2, -0.15) is 0 Å². The second-order valence-electron chi connectivity index (χ2n) is 12.0. The van der Waals surface area contributed by atoms with Crippen LogP contribution in [0.25, 0.3) is 0 Å². The second-order valence-corrected chi connectivity index (χ2v) is 13.8. The summed E-state index contributed by atoms with van der Waals surface area (Å²) in [7, 11) is -4.14. The van der Waals surface area contributed by atoms with Crippen LogP contribution >= 0.6 is 0 Å². The number of nitrogens with one attached hydrogen (secondary N) is 1. The molecule has 1 N–H and O–H groups in total. The van der Waals surface area contributed by atoms with Crippen molar-refractivity contribution in [2.45, 2.75) is 58.5 Å². The number of hydrogen-bond donors (Lipinski definition) is 1. The summed E-state index contributed by atoms with van der Waals surface area (Å²) in [5.74, 6) is -0.544. The predicted octanol–water partition coefficient (Wildman–Crippen LogP) is 6.22. The van der Waals surface area contributed by atoms with Gasteiger partial charge in [0.15, 0.2) is 0 Å². The van der Waals surface area contributed by atoms with E-state index in [-0.39, 0.29) is 29.7 Å². The number of amides is 2. The Morgan fingerprint density at radius 2 is 1.44 bits per heavy atom. The van der Waals surface area contributed by atoms with Crippen molar-refractivity contribution < 1.29 is 18.0 Å². The van der Waals surface area contributed by atoms with Crippen LogP contribution < -0.4 is 9.62 Å². The number of benzene rings is 4. The lowest BCUT2D eigenvalue weighted by Crippen LogP contribution is -2.53. The van der Waals surface area contributed by atoms with E-state index in [2.05, 4.69) is 5.32 Å². The van der Waals surface area contributed by atoms with E-state index in [0.717, 1.165) is 32.1 Å². The zero-order valence-corrected chi connectivity index (χ0v) is 27.6. The van der Waals surface area contributed by atoms with Crippen molar-refractivity contribution in [3.8, 4) is 0 Å². The van der Waals surface area contributed by atoms with Crippen molar-refractivity contribution in [2.75, 3.05) is 17.4 Å². The molecule has 0 aliphatic carbocycles. The van der Waals surface area contributed by atoms with E-state index in [1.165, 1.54) is 0 Å². The third-order valence-electron chi connectivity index (χ3n) is 7.74. The van der Waals surface area contributed by atoms with Gasteiger partial charge in [-0.15, -0.1) is 0 Å². The van der Waals surface area contributed by atoms with E-state index in [1.54, 1.807) is 47.4 Å². The van der Waals surface area contributed by atoms with Gasteiger partial charge in [0.25, 0.3) is 10.0 Å². The van der Waals surface area contributed by atoms with Crippen LogP contribution in [0.4, 0.5) is 5.69 Å². The molecule has 2 amide bonds. The van der Waals surface area contributed by atoms with E-state index < -0.39 is 28.5 Å². The molecule has 0 aliphatic heterocycles. The maximum atomic E-state index is 14.6. The van der Waals surface area contributed by atoms with Crippen molar-refractivity contribution in [3.63, 3.8) is 0 Å². The van der Waals surface area contributed by atoms with Gasteiger partial charge >= 0.3 is 0 Å². The number of carbonyl (C=O) groups excluding carboxylic acids is 2. The van der Waals surface area contributed by atoms with Gasteiger partial charge in [-0.1, -0.05) is 98.3 Å². The number of rotatable bonds is 13. The van der Waals surface area contributed by atoms with Crippen molar-refractivity contribution >= 4 is 27.5 Å². The van der Waals surface area contributed by atoms with Crippen LogP contribution in [0.3, 0.4) is 0 Å². The quantitative estimate of drug-likeness (QED) is 0.191.